The highest BCUT2D eigenvalue weighted by atomic mass is 35.5. The minimum absolute atomic E-state index is 0.192. The number of aromatic amines is 1. The second-order valence-electron chi connectivity index (χ2n) is 8.59. The summed E-state index contributed by atoms with van der Waals surface area (Å²) < 4.78 is 0. The van der Waals surface area contributed by atoms with Crippen LogP contribution in [0.5, 0.6) is 0 Å². The largest absolute Gasteiger partial charge is 0.361 e. The summed E-state index contributed by atoms with van der Waals surface area (Å²) in [6, 6.07) is 13.4. The van der Waals surface area contributed by atoms with Crippen molar-refractivity contribution in [3.63, 3.8) is 0 Å². The van der Waals surface area contributed by atoms with Gasteiger partial charge < -0.3 is 20.9 Å². The SMILES string of the molecule is CC(C)(C)NC(=O)CNC(=O)C(Cc1c[nH]c2ccccc12)NC(=O)c1ccccc1Cl. The summed E-state index contributed by atoms with van der Waals surface area (Å²) in [4.78, 5) is 41.1. The van der Waals surface area contributed by atoms with E-state index in [1.807, 2.05) is 51.2 Å². The van der Waals surface area contributed by atoms with Gasteiger partial charge in [0.05, 0.1) is 17.1 Å². The summed E-state index contributed by atoms with van der Waals surface area (Å²) in [6.45, 7) is 5.38. The van der Waals surface area contributed by atoms with Crippen molar-refractivity contribution in [2.45, 2.75) is 38.8 Å². The van der Waals surface area contributed by atoms with E-state index in [-0.39, 0.29) is 24.4 Å². The van der Waals surface area contributed by atoms with Gasteiger partial charge in [-0.1, -0.05) is 41.9 Å². The lowest BCUT2D eigenvalue weighted by molar-refractivity contribution is -0.127. The topological polar surface area (TPSA) is 103 Å². The van der Waals surface area contributed by atoms with Crippen molar-refractivity contribution in [3.05, 3.63) is 70.9 Å². The molecule has 0 spiro atoms. The number of para-hydroxylation sites is 1. The van der Waals surface area contributed by atoms with Gasteiger partial charge in [-0.15, -0.1) is 0 Å². The van der Waals surface area contributed by atoms with Crippen molar-refractivity contribution in [1.29, 1.82) is 0 Å². The number of carbonyl (C=O) groups is 3. The number of H-pyrrole nitrogens is 1. The number of halogens is 1. The minimum Gasteiger partial charge on any atom is -0.361 e. The zero-order chi connectivity index (χ0) is 23.3. The van der Waals surface area contributed by atoms with Crippen LogP contribution < -0.4 is 16.0 Å². The van der Waals surface area contributed by atoms with Gasteiger partial charge in [0.25, 0.3) is 5.91 Å². The molecule has 0 radical (unpaired) electrons. The molecular weight excluding hydrogens is 428 g/mol. The molecule has 2 aromatic carbocycles. The van der Waals surface area contributed by atoms with Crippen molar-refractivity contribution < 1.29 is 14.4 Å². The molecule has 0 aliphatic heterocycles. The van der Waals surface area contributed by atoms with E-state index in [9.17, 15) is 14.4 Å². The Labute approximate surface area is 191 Å². The summed E-state index contributed by atoms with van der Waals surface area (Å²) in [5.74, 6) is -1.23. The molecule has 1 heterocycles. The van der Waals surface area contributed by atoms with Gasteiger partial charge in [0.2, 0.25) is 11.8 Å². The first-order valence-corrected chi connectivity index (χ1v) is 10.7. The van der Waals surface area contributed by atoms with E-state index in [2.05, 4.69) is 20.9 Å². The number of amides is 3. The van der Waals surface area contributed by atoms with E-state index >= 15 is 0 Å². The Morgan fingerprint density at radius 3 is 2.44 bits per heavy atom. The fourth-order valence-electron chi connectivity index (χ4n) is 3.36. The summed E-state index contributed by atoms with van der Waals surface area (Å²) in [6.07, 6.45) is 2.06. The zero-order valence-electron chi connectivity index (χ0n) is 18.3. The fourth-order valence-corrected chi connectivity index (χ4v) is 3.59. The molecule has 0 aliphatic carbocycles. The van der Waals surface area contributed by atoms with E-state index in [1.165, 1.54) is 0 Å². The average Bonchev–Trinajstić information content (AvgIpc) is 3.13. The quantitative estimate of drug-likeness (QED) is 0.440. The number of hydrogen-bond donors (Lipinski definition) is 4. The first-order chi connectivity index (χ1) is 15.1. The van der Waals surface area contributed by atoms with E-state index < -0.39 is 23.4 Å². The number of benzene rings is 2. The molecule has 8 heteroatoms. The van der Waals surface area contributed by atoms with E-state index in [0.29, 0.717) is 5.02 Å². The van der Waals surface area contributed by atoms with Gasteiger partial charge in [0.1, 0.15) is 6.04 Å². The Morgan fingerprint density at radius 2 is 1.72 bits per heavy atom. The summed E-state index contributed by atoms with van der Waals surface area (Å²) in [5.41, 5.74) is 1.67. The molecule has 7 nitrogen and oxygen atoms in total. The molecule has 0 bridgehead atoms. The monoisotopic (exact) mass is 454 g/mol. The molecule has 0 saturated carbocycles. The first kappa shape index (κ1) is 23.3. The molecule has 0 aliphatic rings. The average molecular weight is 455 g/mol. The normalized spacial score (nSPS) is 12.2. The molecular formula is C24H27ClN4O3. The van der Waals surface area contributed by atoms with Crippen LogP contribution in [-0.2, 0) is 16.0 Å². The van der Waals surface area contributed by atoms with Gasteiger partial charge in [-0.2, -0.15) is 0 Å². The zero-order valence-corrected chi connectivity index (χ0v) is 19.0. The number of carbonyl (C=O) groups excluding carboxylic acids is 3. The molecule has 0 fully saturated rings. The van der Waals surface area contributed by atoms with Gasteiger partial charge in [0, 0.05) is 29.1 Å². The number of hydrogen-bond acceptors (Lipinski definition) is 3. The minimum atomic E-state index is -0.902. The maximum absolute atomic E-state index is 13.0. The van der Waals surface area contributed by atoms with Gasteiger partial charge in [-0.25, -0.2) is 0 Å². The number of rotatable bonds is 7. The molecule has 32 heavy (non-hydrogen) atoms. The second kappa shape index (κ2) is 9.87. The fraction of sp³-hybridized carbons (Fsp3) is 0.292. The molecule has 1 atom stereocenters. The highest BCUT2D eigenvalue weighted by Gasteiger charge is 2.25. The third-order valence-electron chi connectivity index (χ3n) is 4.78. The highest BCUT2D eigenvalue weighted by molar-refractivity contribution is 6.33. The van der Waals surface area contributed by atoms with Crippen LogP contribution in [-0.4, -0.2) is 40.8 Å². The highest BCUT2D eigenvalue weighted by Crippen LogP contribution is 2.20. The van der Waals surface area contributed by atoms with Crippen molar-refractivity contribution >= 4 is 40.2 Å². The molecule has 0 saturated heterocycles. The third kappa shape index (κ3) is 6.11. The lowest BCUT2D eigenvalue weighted by atomic mass is 10.0. The summed E-state index contributed by atoms with van der Waals surface area (Å²) in [7, 11) is 0. The third-order valence-corrected chi connectivity index (χ3v) is 5.11. The van der Waals surface area contributed by atoms with Crippen molar-refractivity contribution in [1.82, 2.24) is 20.9 Å². The number of fused-ring (bicyclic) bond motifs is 1. The van der Waals surface area contributed by atoms with Crippen LogP contribution in [0.25, 0.3) is 10.9 Å². The van der Waals surface area contributed by atoms with Gasteiger partial charge in [-0.05, 0) is 44.5 Å². The van der Waals surface area contributed by atoms with Gasteiger partial charge in [0.15, 0.2) is 0 Å². The standard InChI is InChI=1S/C24H27ClN4O3/c1-24(2,3)29-21(30)14-27-23(32)20(28-22(31)17-9-4-6-10-18(17)25)12-15-13-26-19-11-7-5-8-16(15)19/h4-11,13,20,26H,12,14H2,1-3H3,(H,27,32)(H,28,31)(H,29,30). The van der Waals surface area contributed by atoms with Crippen LogP contribution in [0.3, 0.4) is 0 Å². The van der Waals surface area contributed by atoms with E-state index in [1.54, 1.807) is 24.3 Å². The molecule has 3 rings (SSSR count). The maximum atomic E-state index is 13.0. The second-order valence-corrected chi connectivity index (χ2v) is 8.99. The number of nitrogens with one attached hydrogen (secondary N) is 4. The Kier molecular flexibility index (Phi) is 7.20. The lowest BCUT2D eigenvalue weighted by Gasteiger charge is -2.22. The molecule has 168 valence electrons. The molecule has 3 aromatic rings. The van der Waals surface area contributed by atoms with Crippen LogP contribution in [0.15, 0.2) is 54.7 Å². The molecule has 1 aromatic heterocycles. The van der Waals surface area contributed by atoms with Crippen LogP contribution in [0.2, 0.25) is 5.02 Å². The van der Waals surface area contributed by atoms with Crippen LogP contribution in [0, 0.1) is 0 Å². The van der Waals surface area contributed by atoms with Gasteiger partial charge in [-0.3, -0.25) is 14.4 Å². The summed E-state index contributed by atoms with van der Waals surface area (Å²) >= 11 is 6.15. The Morgan fingerprint density at radius 1 is 1.03 bits per heavy atom. The smallest absolute Gasteiger partial charge is 0.253 e. The predicted octanol–water partition coefficient (Wildman–Crippen LogP) is 3.19. The number of aromatic nitrogens is 1. The molecule has 4 N–H and O–H groups in total. The Balaban J connectivity index is 1.78. The predicted molar refractivity (Wildman–Crippen MR) is 126 cm³/mol. The van der Waals surface area contributed by atoms with Crippen molar-refractivity contribution in [2.75, 3.05) is 6.54 Å². The van der Waals surface area contributed by atoms with Gasteiger partial charge >= 0.3 is 0 Å². The molecule has 3 amide bonds. The molecule has 1 unspecified atom stereocenters. The lowest BCUT2D eigenvalue weighted by Crippen LogP contribution is -2.51. The van der Waals surface area contributed by atoms with E-state index in [0.717, 1.165) is 16.5 Å². The van der Waals surface area contributed by atoms with Crippen LogP contribution >= 0.6 is 11.6 Å². The first-order valence-electron chi connectivity index (χ1n) is 10.3. The Bertz CT molecular complexity index is 1130. The van der Waals surface area contributed by atoms with Crippen LogP contribution in [0.1, 0.15) is 36.7 Å². The summed E-state index contributed by atoms with van der Waals surface area (Å²) in [5, 5.41) is 9.44. The van der Waals surface area contributed by atoms with Crippen molar-refractivity contribution in [2.24, 2.45) is 0 Å². The Hall–Kier alpha value is -3.32. The van der Waals surface area contributed by atoms with Crippen molar-refractivity contribution in [3.8, 4) is 0 Å². The maximum Gasteiger partial charge on any atom is 0.253 e. The van der Waals surface area contributed by atoms with Crippen LogP contribution in [0.4, 0.5) is 0 Å². The van der Waals surface area contributed by atoms with E-state index in [4.69, 9.17) is 11.6 Å².